The van der Waals surface area contributed by atoms with E-state index in [0.717, 1.165) is 12.1 Å². The van der Waals surface area contributed by atoms with Crippen molar-refractivity contribution in [1.82, 2.24) is 20.5 Å². The Hall–Kier alpha value is -2.94. The van der Waals surface area contributed by atoms with E-state index in [1.54, 1.807) is 25.4 Å². The molecule has 0 aliphatic rings. The van der Waals surface area contributed by atoms with Crippen LogP contribution in [-0.4, -0.2) is 22.2 Å². The van der Waals surface area contributed by atoms with Gasteiger partial charge in [-0.25, -0.2) is 4.98 Å². The number of hydrogen-bond donors (Lipinski definition) is 2. The molecule has 25 heavy (non-hydrogen) atoms. The molecule has 0 aliphatic carbocycles. The molecule has 0 saturated carbocycles. The zero-order valence-electron chi connectivity index (χ0n) is 13.1. The molecule has 9 heteroatoms. The minimum absolute atomic E-state index is 0.271. The second kappa shape index (κ2) is 6.89. The van der Waals surface area contributed by atoms with Crippen LogP contribution in [0.15, 0.2) is 47.0 Å². The molecular weight excluding hydrogens is 335 g/mol. The van der Waals surface area contributed by atoms with Gasteiger partial charge in [0.2, 0.25) is 5.89 Å². The maximum absolute atomic E-state index is 12.6. The molecule has 0 bridgehead atoms. The van der Waals surface area contributed by atoms with Gasteiger partial charge in [0.05, 0.1) is 17.7 Å². The van der Waals surface area contributed by atoms with Gasteiger partial charge >= 0.3 is 6.18 Å². The van der Waals surface area contributed by atoms with E-state index in [-0.39, 0.29) is 5.89 Å². The van der Waals surface area contributed by atoms with E-state index >= 15 is 0 Å². The van der Waals surface area contributed by atoms with Crippen molar-refractivity contribution in [3.63, 3.8) is 0 Å². The summed E-state index contributed by atoms with van der Waals surface area (Å²) in [4.78, 5) is 4.20. The van der Waals surface area contributed by atoms with Gasteiger partial charge in [0.1, 0.15) is 5.82 Å². The summed E-state index contributed by atoms with van der Waals surface area (Å²) in [5.41, 5.74) is 0.299. The lowest BCUT2D eigenvalue weighted by Gasteiger charge is -2.10. The first kappa shape index (κ1) is 16.9. The van der Waals surface area contributed by atoms with Gasteiger partial charge in [-0.15, -0.1) is 10.2 Å². The highest BCUT2D eigenvalue weighted by molar-refractivity contribution is 5.73. The second-order valence-electron chi connectivity index (χ2n) is 5.13. The molecular formula is C16H14F3N5O. The summed E-state index contributed by atoms with van der Waals surface area (Å²) in [6, 6.07) is 8.11. The van der Waals surface area contributed by atoms with Crippen LogP contribution in [-0.2, 0) is 12.7 Å². The van der Waals surface area contributed by atoms with Crippen molar-refractivity contribution in [2.45, 2.75) is 12.7 Å². The van der Waals surface area contributed by atoms with E-state index in [4.69, 9.17) is 4.42 Å². The van der Waals surface area contributed by atoms with E-state index in [1.807, 2.05) is 0 Å². The molecule has 0 spiro atoms. The maximum atomic E-state index is 12.6. The fraction of sp³-hybridized carbons (Fsp3) is 0.188. The molecule has 6 nitrogen and oxygen atoms in total. The Bertz CT molecular complexity index is 845. The quantitative estimate of drug-likeness (QED) is 0.733. The van der Waals surface area contributed by atoms with Crippen molar-refractivity contribution in [3.05, 3.63) is 54.0 Å². The van der Waals surface area contributed by atoms with Gasteiger partial charge in [-0.2, -0.15) is 13.2 Å². The second-order valence-corrected chi connectivity index (χ2v) is 5.13. The van der Waals surface area contributed by atoms with Crippen molar-refractivity contribution in [3.8, 4) is 11.5 Å². The minimum atomic E-state index is -4.37. The molecule has 0 radical (unpaired) electrons. The van der Waals surface area contributed by atoms with Crippen LogP contribution in [0.3, 0.4) is 0 Å². The first-order valence-electron chi connectivity index (χ1n) is 7.34. The molecule has 1 aromatic carbocycles. The Labute approximate surface area is 141 Å². The summed E-state index contributed by atoms with van der Waals surface area (Å²) in [5, 5.41) is 13.7. The van der Waals surface area contributed by atoms with Crippen LogP contribution in [0.4, 0.5) is 24.7 Å². The standard InChI is InChI=1S/C16H14F3N5O/c1-20-9-13-23-24-15(25-13)12-3-2-8-21-14(12)22-11-6-4-10(5-7-11)16(17,18)19/h2-8,20H,9H2,1H3,(H,21,22). The zero-order chi connectivity index (χ0) is 17.9. The smallest absolute Gasteiger partial charge is 0.416 e. The number of halogens is 3. The molecule has 0 unspecified atom stereocenters. The number of benzene rings is 1. The van der Waals surface area contributed by atoms with Gasteiger partial charge in [-0.05, 0) is 43.4 Å². The minimum Gasteiger partial charge on any atom is -0.419 e. The van der Waals surface area contributed by atoms with Crippen molar-refractivity contribution in [2.75, 3.05) is 12.4 Å². The average Bonchev–Trinajstić information content (AvgIpc) is 3.04. The number of anilines is 2. The van der Waals surface area contributed by atoms with Crippen molar-refractivity contribution in [1.29, 1.82) is 0 Å². The molecule has 3 rings (SSSR count). The van der Waals surface area contributed by atoms with Gasteiger partial charge in [-0.3, -0.25) is 0 Å². The monoisotopic (exact) mass is 349 g/mol. The molecule has 0 saturated heterocycles. The van der Waals surface area contributed by atoms with Gasteiger partial charge in [0, 0.05) is 11.9 Å². The molecule has 2 heterocycles. The summed E-state index contributed by atoms with van der Waals surface area (Å²) in [7, 11) is 1.76. The number of hydrogen-bond acceptors (Lipinski definition) is 6. The molecule has 0 atom stereocenters. The lowest BCUT2D eigenvalue weighted by Crippen LogP contribution is -2.04. The fourth-order valence-corrected chi connectivity index (χ4v) is 2.14. The number of rotatable bonds is 5. The van der Waals surface area contributed by atoms with Gasteiger partial charge in [0.25, 0.3) is 5.89 Å². The lowest BCUT2D eigenvalue weighted by atomic mass is 10.2. The highest BCUT2D eigenvalue weighted by Crippen LogP contribution is 2.31. The third-order valence-corrected chi connectivity index (χ3v) is 3.31. The number of alkyl halides is 3. The van der Waals surface area contributed by atoms with Crippen LogP contribution in [0.2, 0.25) is 0 Å². The van der Waals surface area contributed by atoms with Crippen LogP contribution in [0.1, 0.15) is 11.5 Å². The molecule has 0 fully saturated rings. The number of nitrogens with zero attached hydrogens (tertiary/aromatic N) is 3. The molecule has 0 aliphatic heterocycles. The van der Waals surface area contributed by atoms with Crippen molar-refractivity contribution < 1.29 is 17.6 Å². The highest BCUT2D eigenvalue weighted by Gasteiger charge is 2.30. The maximum Gasteiger partial charge on any atom is 0.416 e. The third kappa shape index (κ3) is 3.94. The Morgan fingerprint density at radius 1 is 1.08 bits per heavy atom. The molecule has 2 aromatic heterocycles. The van der Waals surface area contributed by atoms with E-state index < -0.39 is 11.7 Å². The molecule has 2 N–H and O–H groups in total. The van der Waals surface area contributed by atoms with Crippen LogP contribution in [0.5, 0.6) is 0 Å². The SMILES string of the molecule is CNCc1nnc(-c2cccnc2Nc2ccc(C(F)(F)F)cc2)o1. The third-order valence-electron chi connectivity index (χ3n) is 3.31. The summed E-state index contributed by atoms with van der Waals surface area (Å²) in [6.45, 7) is 0.426. The first-order valence-corrected chi connectivity index (χ1v) is 7.34. The summed E-state index contributed by atoms with van der Waals surface area (Å²) in [6.07, 6.45) is -2.82. The summed E-state index contributed by atoms with van der Waals surface area (Å²) >= 11 is 0. The zero-order valence-corrected chi connectivity index (χ0v) is 13.1. The highest BCUT2D eigenvalue weighted by atomic mass is 19.4. The molecule has 0 amide bonds. The normalized spacial score (nSPS) is 11.5. The van der Waals surface area contributed by atoms with E-state index in [2.05, 4.69) is 25.8 Å². The topological polar surface area (TPSA) is 75.9 Å². The van der Waals surface area contributed by atoms with Gasteiger partial charge in [-0.1, -0.05) is 0 Å². The fourth-order valence-electron chi connectivity index (χ4n) is 2.14. The lowest BCUT2D eigenvalue weighted by molar-refractivity contribution is -0.137. The average molecular weight is 349 g/mol. The van der Waals surface area contributed by atoms with Crippen molar-refractivity contribution >= 4 is 11.5 Å². The number of aromatic nitrogens is 3. The Kier molecular flexibility index (Phi) is 4.66. The van der Waals surface area contributed by atoms with Gasteiger partial charge < -0.3 is 15.1 Å². The van der Waals surface area contributed by atoms with E-state index in [0.29, 0.717) is 29.5 Å². The summed E-state index contributed by atoms with van der Waals surface area (Å²) < 4.78 is 43.4. The van der Waals surface area contributed by atoms with Gasteiger partial charge in [0.15, 0.2) is 0 Å². The van der Waals surface area contributed by atoms with Crippen LogP contribution >= 0.6 is 0 Å². The number of nitrogens with one attached hydrogen (secondary N) is 2. The largest absolute Gasteiger partial charge is 0.419 e. The predicted molar refractivity (Wildman–Crippen MR) is 85.0 cm³/mol. The van der Waals surface area contributed by atoms with Crippen LogP contribution < -0.4 is 10.6 Å². The Balaban J connectivity index is 1.85. The predicted octanol–water partition coefficient (Wildman–Crippen LogP) is 3.61. The molecule has 130 valence electrons. The summed E-state index contributed by atoms with van der Waals surface area (Å²) in [5.74, 6) is 1.09. The molecule has 3 aromatic rings. The first-order chi connectivity index (χ1) is 12.0. The Morgan fingerprint density at radius 2 is 1.84 bits per heavy atom. The van der Waals surface area contributed by atoms with E-state index in [1.165, 1.54) is 12.1 Å². The van der Waals surface area contributed by atoms with E-state index in [9.17, 15) is 13.2 Å². The Morgan fingerprint density at radius 3 is 2.52 bits per heavy atom. The number of pyridine rings is 1. The van der Waals surface area contributed by atoms with Crippen molar-refractivity contribution in [2.24, 2.45) is 0 Å². The van der Waals surface area contributed by atoms with Crippen LogP contribution in [0, 0.1) is 0 Å². The van der Waals surface area contributed by atoms with Crippen LogP contribution in [0.25, 0.3) is 11.5 Å².